The minimum absolute atomic E-state index is 0.0641. The number of alkyl halides is 2. The third kappa shape index (κ3) is 4.19. The molecule has 1 saturated heterocycles. The number of aromatic nitrogens is 5. The number of anilines is 1. The van der Waals surface area contributed by atoms with Crippen molar-refractivity contribution in [3.8, 4) is 11.7 Å². The summed E-state index contributed by atoms with van der Waals surface area (Å²) in [7, 11) is 0. The molecular weight excluding hydrogens is 396 g/mol. The first kappa shape index (κ1) is 19.7. The molecule has 4 rings (SSSR count). The van der Waals surface area contributed by atoms with Gasteiger partial charge in [-0.1, -0.05) is 17.3 Å². The molecule has 0 spiro atoms. The molecule has 9 nitrogen and oxygen atoms in total. The Morgan fingerprint density at radius 1 is 1.23 bits per heavy atom. The Morgan fingerprint density at radius 3 is 2.77 bits per heavy atom. The number of piperazine rings is 1. The van der Waals surface area contributed by atoms with Gasteiger partial charge < -0.3 is 15.0 Å². The van der Waals surface area contributed by atoms with Crippen LogP contribution in [0.2, 0.25) is 0 Å². The van der Waals surface area contributed by atoms with Crippen molar-refractivity contribution >= 4 is 11.7 Å². The molecule has 1 aliphatic heterocycles. The molecule has 3 heterocycles. The van der Waals surface area contributed by atoms with Gasteiger partial charge in [-0.05, 0) is 25.1 Å². The van der Waals surface area contributed by atoms with E-state index in [2.05, 4.69) is 25.6 Å². The first-order valence-corrected chi connectivity index (χ1v) is 9.28. The number of halogens is 2. The monoisotopic (exact) mass is 415 g/mol. The number of ether oxygens (including phenoxy) is 1. The molecule has 30 heavy (non-hydrogen) atoms. The summed E-state index contributed by atoms with van der Waals surface area (Å²) in [6, 6.07) is 7.67. The number of amides is 1. The fourth-order valence-corrected chi connectivity index (χ4v) is 3.06. The van der Waals surface area contributed by atoms with Crippen LogP contribution in [0.5, 0.6) is 6.01 Å². The van der Waals surface area contributed by atoms with Gasteiger partial charge in [0, 0.05) is 24.8 Å². The van der Waals surface area contributed by atoms with Crippen LogP contribution in [-0.4, -0.2) is 50.5 Å². The lowest BCUT2D eigenvalue weighted by atomic mass is 10.2. The van der Waals surface area contributed by atoms with Crippen LogP contribution in [0.4, 0.5) is 14.6 Å². The highest BCUT2D eigenvalue weighted by molar-refractivity contribution is 5.82. The molecule has 1 amide bonds. The number of aryl methyl sites for hydroxylation is 1. The van der Waals surface area contributed by atoms with E-state index in [1.165, 1.54) is 16.8 Å². The molecule has 11 heteroatoms. The van der Waals surface area contributed by atoms with Crippen LogP contribution in [0.25, 0.3) is 5.69 Å². The van der Waals surface area contributed by atoms with Crippen molar-refractivity contribution in [3.05, 3.63) is 53.5 Å². The minimum Gasteiger partial charge on any atom is -0.457 e. The lowest BCUT2D eigenvalue weighted by Crippen LogP contribution is -2.48. The lowest BCUT2D eigenvalue weighted by molar-refractivity contribution is -0.120. The van der Waals surface area contributed by atoms with E-state index in [-0.39, 0.29) is 30.6 Å². The summed E-state index contributed by atoms with van der Waals surface area (Å²) in [5.74, 6) is 0.534. The molecular formula is C19H19F2N7O2. The topological polar surface area (TPSA) is 98.1 Å². The molecule has 0 radical (unpaired) electrons. The number of carbonyl (C=O) groups excluding carboxylic acids is 1. The van der Waals surface area contributed by atoms with E-state index in [0.29, 0.717) is 36.0 Å². The first-order chi connectivity index (χ1) is 14.5. The largest absolute Gasteiger partial charge is 0.457 e. The Morgan fingerprint density at radius 2 is 2.03 bits per heavy atom. The lowest BCUT2D eigenvalue weighted by Gasteiger charge is -2.27. The number of nitrogens with zero attached hydrogens (tertiary/aromatic N) is 6. The quantitative estimate of drug-likeness (QED) is 0.656. The second kappa shape index (κ2) is 8.39. The van der Waals surface area contributed by atoms with Crippen LogP contribution in [0.15, 0.2) is 36.5 Å². The van der Waals surface area contributed by atoms with Gasteiger partial charge in [0.25, 0.3) is 6.43 Å². The molecule has 0 atom stereocenters. The fraction of sp³-hybridized carbons (Fsp3) is 0.316. The van der Waals surface area contributed by atoms with Crippen molar-refractivity contribution in [2.75, 3.05) is 24.5 Å². The van der Waals surface area contributed by atoms with E-state index in [9.17, 15) is 13.6 Å². The van der Waals surface area contributed by atoms with Crippen molar-refractivity contribution < 1.29 is 18.3 Å². The van der Waals surface area contributed by atoms with E-state index in [1.54, 1.807) is 31.3 Å². The Bertz CT molecular complexity index is 1040. The predicted molar refractivity (Wildman–Crippen MR) is 103 cm³/mol. The highest BCUT2D eigenvalue weighted by atomic mass is 19.3. The minimum atomic E-state index is -2.53. The van der Waals surface area contributed by atoms with E-state index < -0.39 is 6.43 Å². The van der Waals surface area contributed by atoms with E-state index in [0.717, 1.165) is 0 Å². The molecule has 3 aromatic rings. The van der Waals surface area contributed by atoms with Gasteiger partial charge >= 0.3 is 6.01 Å². The maximum atomic E-state index is 12.8. The van der Waals surface area contributed by atoms with Crippen molar-refractivity contribution in [1.29, 1.82) is 0 Å². The van der Waals surface area contributed by atoms with Gasteiger partial charge in [-0.15, -0.1) is 5.10 Å². The average Bonchev–Trinajstić information content (AvgIpc) is 3.13. The maximum Gasteiger partial charge on any atom is 0.318 e. The number of hydrogen-bond donors (Lipinski definition) is 1. The van der Waals surface area contributed by atoms with E-state index in [4.69, 9.17) is 4.74 Å². The molecule has 0 saturated carbocycles. The Kier molecular flexibility index (Phi) is 5.50. The fourth-order valence-electron chi connectivity index (χ4n) is 3.06. The SMILES string of the molecule is Cc1nnn(-c2ccc(C(F)F)cc2)c1COc1nccc(N2CCNC(=O)C2)n1. The van der Waals surface area contributed by atoms with Gasteiger partial charge in [-0.25, -0.2) is 18.4 Å². The zero-order chi connectivity index (χ0) is 21.1. The summed E-state index contributed by atoms with van der Waals surface area (Å²) in [6.07, 6.45) is -0.968. The smallest absolute Gasteiger partial charge is 0.318 e. The zero-order valence-electron chi connectivity index (χ0n) is 16.1. The van der Waals surface area contributed by atoms with Gasteiger partial charge in [0.05, 0.1) is 17.9 Å². The normalized spacial score (nSPS) is 14.1. The molecule has 2 aromatic heterocycles. The summed E-state index contributed by atoms with van der Waals surface area (Å²) < 4.78 is 32.8. The Balaban J connectivity index is 1.50. The maximum absolute atomic E-state index is 12.8. The molecule has 1 aliphatic rings. The third-order valence-electron chi connectivity index (χ3n) is 4.67. The summed E-state index contributed by atoms with van der Waals surface area (Å²) >= 11 is 0. The molecule has 1 fully saturated rings. The van der Waals surface area contributed by atoms with Crippen molar-refractivity contribution in [2.45, 2.75) is 20.0 Å². The van der Waals surface area contributed by atoms with Gasteiger partial charge in [0.15, 0.2) is 0 Å². The summed E-state index contributed by atoms with van der Waals surface area (Å²) in [6.45, 7) is 3.28. The first-order valence-electron chi connectivity index (χ1n) is 9.28. The zero-order valence-corrected chi connectivity index (χ0v) is 16.1. The Labute approximate surface area is 170 Å². The van der Waals surface area contributed by atoms with Crippen molar-refractivity contribution in [1.82, 2.24) is 30.3 Å². The summed E-state index contributed by atoms with van der Waals surface area (Å²) in [5.41, 5.74) is 1.81. The average molecular weight is 415 g/mol. The summed E-state index contributed by atoms with van der Waals surface area (Å²) in [4.78, 5) is 21.9. The number of hydrogen-bond acceptors (Lipinski definition) is 7. The van der Waals surface area contributed by atoms with Crippen molar-refractivity contribution in [3.63, 3.8) is 0 Å². The third-order valence-corrected chi connectivity index (χ3v) is 4.67. The molecule has 0 unspecified atom stereocenters. The molecule has 156 valence electrons. The van der Waals surface area contributed by atoms with E-state index in [1.807, 2.05) is 4.90 Å². The predicted octanol–water partition coefficient (Wildman–Crippen LogP) is 1.82. The second-order valence-corrected chi connectivity index (χ2v) is 6.68. The van der Waals surface area contributed by atoms with Crippen LogP contribution in [0.1, 0.15) is 23.4 Å². The Hall–Kier alpha value is -3.63. The number of benzene rings is 1. The van der Waals surface area contributed by atoms with Gasteiger partial charge in [-0.2, -0.15) is 4.98 Å². The van der Waals surface area contributed by atoms with Crippen LogP contribution in [0.3, 0.4) is 0 Å². The van der Waals surface area contributed by atoms with Gasteiger partial charge in [-0.3, -0.25) is 4.79 Å². The van der Waals surface area contributed by atoms with Gasteiger partial charge in [0.1, 0.15) is 18.1 Å². The number of nitrogens with one attached hydrogen (secondary N) is 1. The van der Waals surface area contributed by atoms with Gasteiger partial charge in [0.2, 0.25) is 5.91 Å². The highest BCUT2D eigenvalue weighted by Crippen LogP contribution is 2.21. The molecule has 1 aromatic carbocycles. The second-order valence-electron chi connectivity index (χ2n) is 6.68. The number of carbonyl (C=O) groups is 1. The van der Waals surface area contributed by atoms with E-state index >= 15 is 0 Å². The van der Waals surface area contributed by atoms with Crippen LogP contribution >= 0.6 is 0 Å². The molecule has 0 bridgehead atoms. The summed E-state index contributed by atoms with van der Waals surface area (Å²) in [5, 5.41) is 10.9. The van der Waals surface area contributed by atoms with Crippen LogP contribution in [-0.2, 0) is 11.4 Å². The standard InChI is InChI=1S/C19H19F2N7O2/c1-12-15(28(26-25-12)14-4-2-13(3-5-14)18(20)21)11-30-19-23-7-6-16(24-19)27-9-8-22-17(29)10-27/h2-7,18H,8-11H2,1H3,(H,22,29). The van der Waals surface area contributed by atoms with Crippen LogP contribution < -0.4 is 15.0 Å². The number of rotatable bonds is 6. The van der Waals surface area contributed by atoms with Crippen molar-refractivity contribution in [2.24, 2.45) is 0 Å². The molecule has 1 N–H and O–H groups in total. The van der Waals surface area contributed by atoms with Crippen LogP contribution in [0, 0.1) is 6.92 Å². The molecule has 0 aliphatic carbocycles. The highest BCUT2D eigenvalue weighted by Gasteiger charge is 2.19.